The van der Waals surface area contributed by atoms with E-state index in [0.717, 1.165) is 17.3 Å². The summed E-state index contributed by atoms with van der Waals surface area (Å²) in [5.41, 5.74) is 0.735. The van der Waals surface area contributed by atoms with E-state index in [-0.39, 0.29) is 24.1 Å². The first-order chi connectivity index (χ1) is 12.0. The summed E-state index contributed by atoms with van der Waals surface area (Å²) in [6.45, 7) is 1.64. The van der Waals surface area contributed by atoms with Crippen LogP contribution in [0.1, 0.15) is 28.8 Å². The summed E-state index contributed by atoms with van der Waals surface area (Å²) >= 11 is 3.35. The van der Waals surface area contributed by atoms with E-state index in [1.807, 2.05) is 17.0 Å². The number of benzene rings is 2. The van der Waals surface area contributed by atoms with Crippen LogP contribution in [0.25, 0.3) is 0 Å². The van der Waals surface area contributed by atoms with Crippen molar-refractivity contribution in [1.82, 2.24) is 10.2 Å². The molecule has 6 heteroatoms. The standard InChI is InChI=1S/C19H19BrF2N2O/c20-14-6-4-13(5-7-14)19(25)23-15-8-10-24(11-9-15)12-16-17(21)2-1-3-18(16)22/h1-7,15H,8-12H2,(H,23,25). The lowest BCUT2D eigenvalue weighted by atomic mass is 10.0. The van der Waals surface area contributed by atoms with E-state index >= 15 is 0 Å². The van der Waals surface area contributed by atoms with E-state index < -0.39 is 11.6 Å². The van der Waals surface area contributed by atoms with Gasteiger partial charge in [0.1, 0.15) is 11.6 Å². The van der Waals surface area contributed by atoms with Crippen molar-refractivity contribution in [2.24, 2.45) is 0 Å². The first-order valence-electron chi connectivity index (χ1n) is 8.24. The lowest BCUT2D eigenvalue weighted by molar-refractivity contribution is 0.0908. The molecule has 1 heterocycles. The molecule has 1 fully saturated rings. The zero-order valence-corrected chi connectivity index (χ0v) is 15.2. The van der Waals surface area contributed by atoms with Crippen LogP contribution in [0.3, 0.4) is 0 Å². The van der Waals surface area contributed by atoms with Crippen LogP contribution in [0.4, 0.5) is 8.78 Å². The predicted octanol–water partition coefficient (Wildman–Crippen LogP) is 4.12. The number of likely N-dealkylation sites (tertiary alicyclic amines) is 1. The second kappa shape index (κ2) is 8.06. The van der Waals surface area contributed by atoms with Gasteiger partial charge >= 0.3 is 0 Å². The van der Waals surface area contributed by atoms with E-state index in [1.54, 1.807) is 12.1 Å². The molecule has 2 aromatic rings. The van der Waals surface area contributed by atoms with Crippen molar-refractivity contribution >= 4 is 21.8 Å². The van der Waals surface area contributed by atoms with Crippen LogP contribution >= 0.6 is 15.9 Å². The molecule has 132 valence electrons. The van der Waals surface area contributed by atoms with Gasteiger partial charge in [-0.1, -0.05) is 22.0 Å². The number of carbonyl (C=O) groups excluding carboxylic acids is 1. The van der Waals surface area contributed by atoms with Crippen LogP contribution in [0.15, 0.2) is 46.9 Å². The van der Waals surface area contributed by atoms with Crippen molar-refractivity contribution in [2.75, 3.05) is 13.1 Å². The Bertz CT molecular complexity index is 723. The lowest BCUT2D eigenvalue weighted by Gasteiger charge is -2.32. The van der Waals surface area contributed by atoms with E-state index in [2.05, 4.69) is 21.2 Å². The minimum Gasteiger partial charge on any atom is -0.349 e. The second-order valence-corrected chi connectivity index (χ2v) is 7.15. The van der Waals surface area contributed by atoms with Crippen LogP contribution in [-0.2, 0) is 6.54 Å². The quantitative estimate of drug-likeness (QED) is 0.824. The highest BCUT2D eigenvalue weighted by atomic mass is 79.9. The number of hydrogen-bond donors (Lipinski definition) is 1. The van der Waals surface area contributed by atoms with Crippen LogP contribution in [0, 0.1) is 11.6 Å². The summed E-state index contributed by atoms with van der Waals surface area (Å²) in [6.07, 6.45) is 1.52. The Balaban J connectivity index is 1.52. The topological polar surface area (TPSA) is 32.3 Å². The van der Waals surface area contributed by atoms with Crippen molar-refractivity contribution in [1.29, 1.82) is 0 Å². The third-order valence-electron chi connectivity index (χ3n) is 4.47. The fourth-order valence-electron chi connectivity index (χ4n) is 3.01. The van der Waals surface area contributed by atoms with Gasteiger partial charge in [0.2, 0.25) is 0 Å². The molecule has 3 rings (SSSR count). The molecular formula is C19H19BrF2N2O. The molecule has 0 bridgehead atoms. The Morgan fingerprint density at radius 2 is 1.68 bits per heavy atom. The Labute approximate surface area is 154 Å². The average Bonchev–Trinajstić information content (AvgIpc) is 2.60. The van der Waals surface area contributed by atoms with Gasteiger partial charge in [-0.05, 0) is 49.2 Å². The molecule has 25 heavy (non-hydrogen) atoms. The Hall–Kier alpha value is -1.79. The molecule has 0 spiro atoms. The highest BCUT2D eigenvalue weighted by Crippen LogP contribution is 2.19. The van der Waals surface area contributed by atoms with Crippen molar-refractivity contribution in [3.63, 3.8) is 0 Å². The van der Waals surface area contributed by atoms with Crippen LogP contribution in [0.5, 0.6) is 0 Å². The zero-order chi connectivity index (χ0) is 17.8. The molecule has 2 aromatic carbocycles. The van der Waals surface area contributed by atoms with Crippen LogP contribution in [-0.4, -0.2) is 29.9 Å². The van der Waals surface area contributed by atoms with Gasteiger partial charge in [-0.25, -0.2) is 8.78 Å². The maximum Gasteiger partial charge on any atom is 0.251 e. The van der Waals surface area contributed by atoms with E-state index in [1.165, 1.54) is 18.2 Å². The number of nitrogens with zero attached hydrogens (tertiary/aromatic N) is 1. The Morgan fingerprint density at radius 3 is 2.28 bits per heavy atom. The van der Waals surface area contributed by atoms with Crippen LogP contribution < -0.4 is 5.32 Å². The highest BCUT2D eigenvalue weighted by molar-refractivity contribution is 9.10. The van der Waals surface area contributed by atoms with Crippen molar-refractivity contribution in [2.45, 2.75) is 25.4 Å². The highest BCUT2D eigenvalue weighted by Gasteiger charge is 2.22. The SMILES string of the molecule is O=C(NC1CCN(Cc2c(F)cccc2F)CC1)c1ccc(Br)cc1. The molecule has 1 aliphatic heterocycles. The second-order valence-electron chi connectivity index (χ2n) is 6.23. The minimum atomic E-state index is -0.509. The van der Waals surface area contributed by atoms with Gasteiger partial charge in [0.15, 0.2) is 0 Å². The summed E-state index contributed by atoms with van der Waals surface area (Å²) in [7, 11) is 0. The molecule has 0 aliphatic carbocycles. The van der Waals surface area contributed by atoms with Gasteiger partial charge < -0.3 is 5.32 Å². The molecule has 0 radical (unpaired) electrons. The first kappa shape index (κ1) is 18.0. The van der Waals surface area contributed by atoms with E-state index in [0.29, 0.717) is 18.7 Å². The molecule has 1 saturated heterocycles. The number of carbonyl (C=O) groups is 1. The van der Waals surface area contributed by atoms with Crippen molar-refractivity contribution < 1.29 is 13.6 Å². The van der Waals surface area contributed by atoms with Crippen molar-refractivity contribution in [3.05, 3.63) is 69.7 Å². The van der Waals surface area contributed by atoms with Crippen molar-refractivity contribution in [3.8, 4) is 0 Å². The summed E-state index contributed by atoms with van der Waals surface area (Å²) in [5, 5.41) is 3.03. The molecule has 0 atom stereocenters. The third-order valence-corrected chi connectivity index (χ3v) is 5.00. The molecule has 0 aromatic heterocycles. The van der Waals surface area contributed by atoms with Gasteiger partial charge in [0.05, 0.1) is 0 Å². The Morgan fingerprint density at radius 1 is 1.08 bits per heavy atom. The molecular weight excluding hydrogens is 390 g/mol. The monoisotopic (exact) mass is 408 g/mol. The summed E-state index contributed by atoms with van der Waals surface area (Å²) in [4.78, 5) is 14.3. The van der Waals surface area contributed by atoms with Gasteiger partial charge in [-0.15, -0.1) is 0 Å². The van der Waals surface area contributed by atoms with Gasteiger partial charge in [0.25, 0.3) is 5.91 Å². The maximum atomic E-state index is 13.7. The minimum absolute atomic E-state index is 0.0814. The molecule has 0 unspecified atom stereocenters. The number of rotatable bonds is 4. The maximum absolute atomic E-state index is 13.7. The number of halogens is 3. The normalized spacial score (nSPS) is 16.0. The van der Waals surface area contributed by atoms with Gasteiger partial charge in [-0.3, -0.25) is 9.69 Å². The average molecular weight is 409 g/mol. The summed E-state index contributed by atoms with van der Waals surface area (Å²) < 4.78 is 28.4. The van der Waals surface area contributed by atoms with Crippen LogP contribution in [0.2, 0.25) is 0 Å². The molecule has 3 nitrogen and oxygen atoms in total. The summed E-state index contributed by atoms with van der Waals surface area (Å²) in [5.74, 6) is -1.11. The van der Waals surface area contributed by atoms with Gasteiger partial charge in [0, 0.05) is 41.3 Å². The molecule has 0 saturated carbocycles. The number of hydrogen-bond acceptors (Lipinski definition) is 2. The first-order valence-corrected chi connectivity index (χ1v) is 9.04. The smallest absolute Gasteiger partial charge is 0.251 e. The molecule has 1 aliphatic rings. The summed E-state index contributed by atoms with van der Waals surface area (Å²) in [6, 6.07) is 11.2. The molecule has 1 N–H and O–H groups in total. The number of piperidine rings is 1. The van der Waals surface area contributed by atoms with Gasteiger partial charge in [-0.2, -0.15) is 0 Å². The Kier molecular flexibility index (Phi) is 5.81. The predicted molar refractivity (Wildman–Crippen MR) is 96.3 cm³/mol. The molecule has 1 amide bonds. The fourth-order valence-corrected chi connectivity index (χ4v) is 3.28. The lowest BCUT2D eigenvalue weighted by Crippen LogP contribution is -2.44. The zero-order valence-electron chi connectivity index (χ0n) is 13.6. The third kappa shape index (κ3) is 4.64. The van der Waals surface area contributed by atoms with E-state index in [9.17, 15) is 13.6 Å². The van der Waals surface area contributed by atoms with E-state index in [4.69, 9.17) is 0 Å². The largest absolute Gasteiger partial charge is 0.349 e. The number of amides is 1. The fraction of sp³-hybridized carbons (Fsp3) is 0.316. The number of nitrogens with one attached hydrogen (secondary N) is 1.